The van der Waals surface area contributed by atoms with E-state index in [9.17, 15) is 18.3 Å². The molecule has 0 spiro atoms. The van der Waals surface area contributed by atoms with Gasteiger partial charge < -0.3 is 24.9 Å². The van der Waals surface area contributed by atoms with E-state index >= 15 is 0 Å². The number of fused-ring (bicyclic) bond motifs is 1. The topological polar surface area (TPSA) is 146 Å². The van der Waals surface area contributed by atoms with E-state index in [4.69, 9.17) is 9.66 Å². The molecule has 1 unspecified atom stereocenters. The third-order valence-electron chi connectivity index (χ3n) is 2.96. The van der Waals surface area contributed by atoms with Crippen LogP contribution < -0.4 is 10.4 Å². The smallest absolute Gasteiger partial charge is 0.325 e. The molecule has 12 heteroatoms. The fourth-order valence-corrected chi connectivity index (χ4v) is 1.70. The summed E-state index contributed by atoms with van der Waals surface area (Å²) >= 11 is 0. The Hall–Kier alpha value is -1.89. The van der Waals surface area contributed by atoms with E-state index in [1.54, 1.807) is 7.05 Å². The number of carbonyl (C=O) groups excluding carboxylic acids is 1. The lowest BCUT2D eigenvalue weighted by molar-refractivity contribution is -0.870. The first-order valence-electron chi connectivity index (χ1n) is 7.22. The number of aliphatic hydroxyl groups is 1. The predicted molar refractivity (Wildman–Crippen MR) is 90.8 cm³/mol. The predicted octanol–water partition coefficient (Wildman–Crippen LogP) is -2.34. The summed E-state index contributed by atoms with van der Waals surface area (Å²) in [6.07, 6.45) is 1.68. The van der Waals surface area contributed by atoms with Crippen LogP contribution in [0.15, 0.2) is 16.6 Å². The molecule has 0 aromatic rings. The molecule has 3 N–H and O–H groups in total. The largest absolute Gasteiger partial charge is 0.859 e. The first-order chi connectivity index (χ1) is 11.2. The van der Waals surface area contributed by atoms with Gasteiger partial charge >= 0.3 is 6.03 Å². The monoisotopic (exact) mass is 381 g/mol. The lowest BCUT2D eigenvalue weighted by Crippen LogP contribution is -2.52. The van der Waals surface area contributed by atoms with Crippen molar-refractivity contribution in [2.75, 3.05) is 54.6 Å². The molecular weight excluding hydrogens is 354 g/mol. The Balaban J connectivity index is 0.000000408. The number of amides is 2. The van der Waals surface area contributed by atoms with Crippen LogP contribution in [0.4, 0.5) is 4.79 Å². The maximum atomic E-state index is 11.5. The molecule has 2 aliphatic rings. The standard InChI is InChI=1S/C7H10N4O2.C5H14NO.CH4O3S/c1-10-5-4(8-3-9-5)6(12)11(2)7(10)13;1-6(2,3)4-5-7;1-5(2,3)4/h3,5,12H,1-2H3,(H,8,9);7H,4-5H2,1-3H3;1H3,(H,2,3,4)/q;+1;/p-1. The fourth-order valence-electron chi connectivity index (χ4n) is 1.70. The van der Waals surface area contributed by atoms with E-state index < -0.39 is 16.3 Å². The summed E-state index contributed by atoms with van der Waals surface area (Å²) in [7, 11) is 5.55. The molecule has 1 atom stereocenters. The molecule has 2 heterocycles. The number of carbonyl (C=O) groups is 1. The summed E-state index contributed by atoms with van der Waals surface area (Å²) in [5.74, 6) is -0.314. The molecule has 11 nitrogen and oxygen atoms in total. The second kappa shape index (κ2) is 8.99. The van der Waals surface area contributed by atoms with Gasteiger partial charge in [0, 0.05) is 14.1 Å². The van der Waals surface area contributed by atoms with Gasteiger partial charge in [-0.3, -0.25) is 9.45 Å². The summed E-state index contributed by atoms with van der Waals surface area (Å²) < 4.78 is 26.7. The number of aliphatic hydroxyl groups excluding tert-OH is 1. The summed E-state index contributed by atoms with van der Waals surface area (Å²) in [4.78, 5) is 17.8. The molecule has 0 fully saturated rings. The number of aliphatic imine (C=N–C) groups is 1. The van der Waals surface area contributed by atoms with Gasteiger partial charge in [0.1, 0.15) is 6.54 Å². The molecule has 0 aromatic heterocycles. The van der Waals surface area contributed by atoms with Gasteiger partial charge in [-0.1, -0.05) is 0 Å². The van der Waals surface area contributed by atoms with Crippen molar-refractivity contribution in [1.82, 2.24) is 15.1 Å². The number of hydrogen-bond acceptors (Lipinski definition) is 7. The van der Waals surface area contributed by atoms with Crippen molar-refractivity contribution < 1.29 is 32.5 Å². The summed E-state index contributed by atoms with van der Waals surface area (Å²) in [6, 6.07) is -0.334. The first-order valence-corrected chi connectivity index (χ1v) is 9.07. The Morgan fingerprint density at radius 3 is 2.20 bits per heavy atom. The van der Waals surface area contributed by atoms with Crippen molar-refractivity contribution >= 4 is 22.5 Å². The summed E-state index contributed by atoms with van der Waals surface area (Å²) in [5, 5.41) is 22.6. The second-order valence-corrected chi connectivity index (χ2v) is 7.90. The van der Waals surface area contributed by atoms with Crippen LogP contribution in [-0.4, -0.2) is 106 Å². The van der Waals surface area contributed by atoms with Crippen LogP contribution in [0.3, 0.4) is 0 Å². The zero-order valence-corrected chi connectivity index (χ0v) is 16.1. The Labute approximate surface area is 148 Å². The highest BCUT2D eigenvalue weighted by atomic mass is 32.2. The third-order valence-corrected chi connectivity index (χ3v) is 2.96. The van der Waals surface area contributed by atoms with Gasteiger partial charge in [0.05, 0.1) is 46.0 Å². The van der Waals surface area contributed by atoms with E-state index in [0.717, 1.165) is 15.9 Å². The number of likely N-dealkylation sites (N-methyl/N-ethyl adjacent to an activating group) is 2. The maximum Gasteiger partial charge on any atom is 0.325 e. The zero-order valence-electron chi connectivity index (χ0n) is 15.3. The van der Waals surface area contributed by atoms with Gasteiger partial charge in [0.25, 0.3) is 10.1 Å². The minimum atomic E-state index is -3.67. The van der Waals surface area contributed by atoms with Crippen molar-refractivity contribution in [3.05, 3.63) is 11.6 Å². The highest BCUT2D eigenvalue weighted by Gasteiger charge is 2.33. The van der Waals surface area contributed by atoms with Gasteiger partial charge in [0.15, 0.2) is 6.17 Å². The number of quaternary nitrogens is 1. The van der Waals surface area contributed by atoms with Crippen molar-refractivity contribution in [3.63, 3.8) is 0 Å². The maximum absolute atomic E-state index is 11.5. The van der Waals surface area contributed by atoms with Crippen LogP contribution in [0.25, 0.3) is 0 Å². The number of rotatable bonds is 2. The highest BCUT2D eigenvalue weighted by molar-refractivity contribution is 7.85. The van der Waals surface area contributed by atoms with Crippen molar-refractivity contribution in [1.29, 1.82) is 0 Å². The lowest BCUT2D eigenvalue weighted by Gasteiger charge is -2.39. The van der Waals surface area contributed by atoms with Crippen LogP contribution in [0.5, 0.6) is 0 Å². The Bertz CT molecular complexity index is 617. The van der Waals surface area contributed by atoms with Gasteiger partial charge in [-0.05, 0) is 5.88 Å². The fraction of sp³-hybridized carbons (Fsp3) is 0.692. The molecular formula is C13H27N5O6S. The number of urea groups is 1. The molecule has 0 aromatic carbocycles. The van der Waals surface area contributed by atoms with Crippen LogP contribution in [0.2, 0.25) is 0 Å². The minimum Gasteiger partial charge on any atom is -0.859 e. The van der Waals surface area contributed by atoms with Crippen molar-refractivity contribution in [2.45, 2.75) is 6.17 Å². The molecule has 2 amide bonds. The molecule has 0 saturated heterocycles. The lowest BCUT2D eigenvalue weighted by atomic mass is 10.3. The normalized spacial score (nSPS) is 19.5. The van der Waals surface area contributed by atoms with E-state index in [-0.39, 0.29) is 18.5 Å². The van der Waals surface area contributed by atoms with E-state index in [1.807, 2.05) is 0 Å². The summed E-state index contributed by atoms with van der Waals surface area (Å²) in [6.45, 7) is 1.11. The molecule has 0 saturated carbocycles. The second-order valence-electron chi connectivity index (χ2n) is 6.44. The average molecular weight is 381 g/mol. The van der Waals surface area contributed by atoms with Crippen molar-refractivity contribution in [2.24, 2.45) is 4.99 Å². The Morgan fingerprint density at radius 1 is 1.36 bits per heavy atom. The molecule has 2 rings (SSSR count). The SMILES string of the molecule is CN1C(=O)N(C)C2N=CNC2=C1[O-].CS(=O)(=O)O.C[N+](C)(C)CCO. The molecule has 0 bridgehead atoms. The molecule has 25 heavy (non-hydrogen) atoms. The van der Waals surface area contributed by atoms with Gasteiger partial charge in [-0.15, -0.1) is 0 Å². The van der Waals surface area contributed by atoms with Gasteiger partial charge in [-0.2, -0.15) is 8.42 Å². The summed E-state index contributed by atoms with van der Waals surface area (Å²) in [5.41, 5.74) is 0.435. The third kappa shape index (κ3) is 8.67. The van der Waals surface area contributed by atoms with E-state index in [2.05, 4.69) is 31.5 Å². The average Bonchev–Trinajstić information content (AvgIpc) is 2.90. The van der Waals surface area contributed by atoms with Gasteiger partial charge in [-0.25, -0.2) is 9.79 Å². The Kier molecular flexibility index (Phi) is 8.31. The Morgan fingerprint density at radius 2 is 1.84 bits per heavy atom. The van der Waals surface area contributed by atoms with Crippen LogP contribution >= 0.6 is 0 Å². The minimum absolute atomic E-state index is 0.281. The highest BCUT2D eigenvalue weighted by Crippen LogP contribution is 2.21. The number of nitrogens with zero attached hydrogens (tertiary/aromatic N) is 4. The van der Waals surface area contributed by atoms with Crippen LogP contribution in [-0.2, 0) is 10.1 Å². The van der Waals surface area contributed by atoms with Crippen LogP contribution in [0, 0.1) is 0 Å². The number of nitrogens with one attached hydrogen (secondary N) is 1. The number of hydrogen-bond donors (Lipinski definition) is 3. The quantitative estimate of drug-likeness (QED) is 0.359. The molecule has 146 valence electrons. The van der Waals surface area contributed by atoms with Crippen molar-refractivity contribution in [3.8, 4) is 0 Å². The van der Waals surface area contributed by atoms with E-state index in [0.29, 0.717) is 12.0 Å². The van der Waals surface area contributed by atoms with Crippen LogP contribution in [0.1, 0.15) is 0 Å². The zero-order chi connectivity index (χ0) is 20.0. The molecule has 2 aliphatic heterocycles. The van der Waals surface area contributed by atoms with Gasteiger partial charge in [0.2, 0.25) is 0 Å². The molecule has 0 aliphatic carbocycles. The van der Waals surface area contributed by atoms with E-state index in [1.165, 1.54) is 18.3 Å². The molecule has 0 radical (unpaired) electrons. The first kappa shape index (κ1) is 23.1.